The standard InChI is InChI=1S/C15H19NO3S/c1-3-7-11(10-12-8-5-6-9-16-12)13(17)14(20)15(18)19-4-2/h5-6,8-10,14,20H,3-4,7H2,1-2H3. The van der Waals surface area contributed by atoms with Gasteiger partial charge in [0.15, 0.2) is 11.0 Å². The van der Waals surface area contributed by atoms with Crippen LogP contribution >= 0.6 is 12.6 Å². The Morgan fingerprint density at radius 2 is 2.15 bits per heavy atom. The van der Waals surface area contributed by atoms with E-state index in [2.05, 4.69) is 17.6 Å². The first-order chi connectivity index (χ1) is 9.60. The number of pyridine rings is 1. The Bertz CT molecular complexity index is 485. The molecule has 1 atom stereocenters. The molecule has 5 heteroatoms. The molecule has 0 spiro atoms. The highest BCUT2D eigenvalue weighted by molar-refractivity contribution is 7.82. The summed E-state index contributed by atoms with van der Waals surface area (Å²) in [7, 11) is 0. The van der Waals surface area contributed by atoms with Crippen molar-refractivity contribution in [1.82, 2.24) is 4.98 Å². The maximum atomic E-state index is 12.3. The Labute approximate surface area is 124 Å². The minimum Gasteiger partial charge on any atom is -0.465 e. The Morgan fingerprint density at radius 3 is 2.70 bits per heavy atom. The van der Waals surface area contributed by atoms with E-state index in [0.717, 1.165) is 6.42 Å². The van der Waals surface area contributed by atoms with E-state index in [1.807, 2.05) is 13.0 Å². The van der Waals surface area contributed by atoms with Gasteiger partial charge < -0.3 is 4.74 Å². The second kappa shape index (κ2) is 8.53. The van der Waals surface area contributed by atoms with Crippen LogP contribution in [0.15, 0.2) is 30.0 Å². The summed E-state index contributed by atoms with van der Waals surface area (Å²) in [5.74, 6) is -0.928. The first-order valence-electron chi connectivity index (χ1n) is 6.60. The van der Waals surface area contributed by atoms with Crippen LogP contribution in [0.4, 0.5) is 0 Å². The molecule has 1 unspecified atom stereocenters. The smallest absolute Gasteiger partial charge is 0.326 e. The molecular weight excluding hydrogens is 274 g/mol. The van der Waals surface area contributed by atoms with Crippen molar-refractivity contribution in [3.63, 3.8) is 0 Å². The number of aromatic nitrogens is 1. The van der Waals surface area contributed by atoms with Gasteiger partial charge in [-0.1, -0.05) is 19.4 Å². The summed E-state index contributed by atoms with van der Waals surface area (Å²) in [5, 5.41) is -1.07. The van der Waals surface area contributed by atoms with Crippen molar-refractivity contribution >= 4 is 30.5 Å². The molecule has 0 bridgehead atoms. The minimum atomic E-state index is -1.07. The van der Waals surface area contributed by atoms with Gasteiger partial charge in [0.05, 0.1) is 12.3 Å². The lowest BCUT2D eigenvalue weighted by Gasteiger charge is -2.11. The van der Waals surface area contributed by atoms with Gasteiger partial charge in [-0.3, -0.25) is 14.6 Å². The van der Waals surface area contributed by atoms with Crippen molar-refractivity contribution in [2.45, 2.75) is 31.9 Å². The van der Waals surface area contributed by atoms with Gasteiger partial charge in [-0.05, 0) is 37.1 Å². The third-order valence-electron chi connectivity index (χ3n) is 2.60. The number of esters is 1. The van der Waals surface area contributed by atoms with Crippen LogP contribution in [-0.4, -0.2) is 28.6 Å². The van der Waals surface area contributed by atoms with Gasteiger partial charge in [0.25, 0.3) is 0 Å². The van der Waals surface area contributed by atoms with Crippen molar-refractivity contribution < 1.29 is 14.3 Å². The van der Waals surface area contributed by atoms with Gasteiger partial charge >= 0.3 is 5.97 Å². The van der Waals surface area contributed by atoms with Crippen LogP contribution in [0.25, 0.3) is 6.08 Å². The molecule has 0 radical (unpaired) electrons. The van der Waals surface area contributed by atoms with Gasteiger partial charge in [0.2, 0.25) is 0 Å². The molecule has 20 heavy (non-hydrogen) atoms. The molecule has 0 N–H and O–H groups in total. The summed E-state index contributed by atoms with van der Waals surface area (Å²) < 4.78 is 4.82. The van der Waals surface area contributed by atoms with E-state index in [1.165, 1.54) is 0 Å². The third-order valence-corrected chi connectivity index (χ3v) is 3.05. The number of thiol groups is 1. The molecule has 108 valence electrons. The number of carbonyl (C=O) groups is 2. The van der Waals surface area contributed by atoms with Crippen molar-refractivity contribution in [2.75, 3.05) is 6.61 Å². The highest BCUT2D eigenvalue weighted by Gasteiger charge is 2.26. The molecule has 0 amide bonds. The highest BCUT2D eigenvalue weighted by atomic mass is 32.1. The van der Waals surface area contributed by atoms with Crippen molar-refractivity contribution in [3.05, 3.63) is 35.7 Å². The van der Waals surface area contributed by atoms with Crippen LogP contribution in [0.1, 0.15) is 32.4 Å². The molecule has 0 saturated carbocycles. The zero-order chi connectivity index (χ0) is 15.0. The zero-order valence-corrected chi connectivity index (χ0v) is 12.6. The number of hydrogen-bond donors (Lipinski definition) is 1. The summed E-state index contributed by atoms with van der Waals surface area (Å²) in [4.78, 5) is 28.0. The molecule has 0 aliphatic rings. The van der Waals surface area contributed by atoms with E-state index in [0.29, 0.717) is 17.7 Å². The third kappa shape index (κ3) is 4.81. The van der Waals surface area contributed by atoms with Crippen molar-refractivity contribution in [2.24, 2.45) is 0 Å². The van der Waals surface area contributed by atoms with Crippen LogP contribution in [0.3, 0.4) is 0 Å². The number of rotatable bonds is 7. The van der Waals surface area contributed by atoms with Crippen LogP contribution in [0.5, 0.6) is 0 Å². The molecule has 1 heterocycles. The fourth-order valence-electron chi connectivity index (χ4n) is 1.68. The van der Waals surface area contributed by atoms with E-state index >= 15 is 0 Å². The lowest BCUT2D eigenvalue weighted by atomic mass is 10.0. The fraction of sp³-hybridized carbons (Fsp3) is 0.400. The number of ketones is 1. The molecule has 0 saturated heterocycles. The minimum absolute atomic E-state index is 0.232. The average Bonchev–Trinajstić information content (AvgIpc) is 2.46. The van der Waals surface area contributed by atoms with Crippen molar-refractivity contribution in [3.8, 4) is 0 Å². The van der Waals surface area contributed by atoms with Gasteiger partial charge in [-0.25, -0.2) is 0 Å². The molecule has 0 aliphatic heterocycles. The number of carbonyl (C=O) groups excluding carboxylic acids is 2. The molecule has 0 fully saturated rings. The van der Waals surface area contributed by atoms with E-state index in [1.54, 1.807) is 31.3 Å². The molecule has 1 rings (SSSR count). The maximum absolute atomic E-state index is 12.3. The largest absolute Gasteiger partial charge is 0.465 e. The Hall–Kier alpha value is -1.62. The second-order valence-corrected chi connectivity index (χ2v) is 4.71. The lowest BCUT2D eigenvalue weighted by Crippen LogP contribution is -2.28. The summed E-state index contributed by atoms with van der Waals surface area (Å²) in [5.41, 5.74) is 1.23. The molecule has 0 aliphatic carbocycles. The van der Waals surface area contributed by atoms with Crippen LogP contribution in [0.2, 0.25) is 0 Å². The van der Waals surface area contributed by atoms with Crippen molar-refractivity contribution in [1.29, 1.82) is 0 Å². The van der Waals surface area contributed by atoms with Crippen LogP contribution in [-0.2, 0) is 14.3 Å². The van der Waals surface area contributed by atoms with Crippen LogP contribution < -0.4 is 0 Å². The van der Waals surface area contributed by atoms with Gasteiger partial charge in [0.1, 0.15) is 0 Å². The number of ether oxygens (including phenoxy) is 1. The monoisotopic (exact) mass is 293 g/mol. The fourth-order valence-corrected chi connectivity index (χ4v) is 1.92. The normalized spacial score (nSPS) is 12.8. The quantitative estimate of drug-likeness (QED) is 0.363. The summed E-state index contributed by atoms with van der Waals surface area (Å²) in [6.07, 6.45) is 4.73. The Kier molecular flexibility index (Phi) is 7.01. The molecule has 4 nitrogen and oxygen atoms in total. The SMILES string of the molecule is CCCC(=Cc1ccccn1)C(=O)C(S)C(=O)OCC. The average molecular weight is 293 g/mol. The van der Waals surface area contributed by atoms with E-state index < -0.39 is 11.2 Å². The van der Waals surface area contributed by atoms with E-state index in [9.17, 15) is 9.59 Å². The second-order valence-electron chi connectivity index (χ2n) is 4.19. The molecular formula is C15H19NO3S. The summed E-state index contributed by atoms with van der Waals surface area (Å²) in [6, 6.07) is 5.45. The first kappa shape index (κ1) is 16.4. The van der Waals surface area contributed by atoms with Crippen LogP contribution in [0, 0.1) is 0 Å². The number of Topliss-reactive ketones (excluding diaryl/α,β-unsaturated/α-hetero) is 1. The van der Waals surface area contributed by atoms with Gasteiger partial charge in [-0.15, -0.1) is 0 Å². The topological polar surface area (TPSA) is 56.3 Å². The Morgan fingerprint density at radius 1 is 1.40 bits per heavy atom. The molecule has 0 aromatic carbocycles. The predicted molar refractivity (Wildman–Crippen MR) is 81.5 cm³/mol. The van der Waals surface area contributed by atoms with Gasteiger partial charge in [0, 0.05) is 6.20 Å². The first-order valence-corrected chi connectivity index (χ1v) is 7.12. The predicted octanol–water partition coefficient (Wildman–Crippen LogP) is 2.70. The molecule has 1 aromatic heterocycles. The maximum Gasteiger partial charge on any atom is 0.326 e. The highest BCUT2D eigenvalue weighted by Crippen LogP contribution is 2.16. The number of nitrogens with zero attached hydrogens (tertiary/aromatic N) is 1. The number of hydrogen-bond acceptors (Lipinski definition) is 5. The van der Waals surface area contributed by atoms with E-state index in [-0.39, 0.29) is 12.4 Å². The Balaban J connectivity index is 2.93. The van der Waals surface area contributed by atoms with Gasteiger partial charge in [-0.2, -0.15) is 12.6 Å². The summed E-state index contributed by atoms with van der Waals surface area (Å²) in [6.45, 7) is 3.90. The number of allylic oxidation sites excluding steroid dienone is 1. The molecule has 1 aromatic rings. The zero-order valence-electron chi connectivity index (χ0n) is 11.7. The van der Waals surface area contributed by atoms with E-state index in [4.69, 9.17) is 4.74 Å². The summed E-state index contributed by atoms with van der Waals surface area (Å²) >= 11 is 4.07. The lowest BCUT2D eigenvalue weighted by molar-refractivity contribution is -0.144.